The van der Waals surface area contributed by atoms with E-state index in [2.05, 4.69) is 0 Å². The lowest BCUT2D eigenvalue weighted by Crippen LogP contribution is -2.09. The van der Waals surface area contributed by atoms with Crippen molar-refractivity contribution in [3.05, 3.63) is 70.0 Å². The Bertz CT molecular complexity index is 628. The highest BCUT2D eigenvalue weighted by atomic mass is 19.1. The van der Waals surface area contributed by atoms with Gasteiger partial charge in [0.1, 0.15) is 0 Å². The Morgan fingerprint density at radius 1 is 1.16 bits per heavy atom. The molecule has 6 heteroatoms. The lowest BCUT2D eigenvalue weighted by molar-refractivity contribution is -0.385. The number of carbonyl (C=O) groups excluding carboxylic acids is 1. The number of rotatable bonds is 3. The van der Waals surface area contributed by atoms with E-state index in [4.69, 9.17) is 4.74 Å². The first-order valence-electron chi connectivity index (χ1n) is 5.29. The van der Waals surface area contributed by atoms with Crippen LogP contribution in [0.1, 0.15) is 10.4 Å². The summed E-state index contributed by atoms with van der Waals surface area (Å²) in [7, 11) is 0. The smallest absolute Gasteiger partial charge is 0.343 e. The first-order valence-corrected chi connectivity index (χ1v) is 5.29. The Kier molecular flexibility index (Phi) is 3.51. The van der Waals surface area contributed by atoms with E-state index in [-0.39, 0.29) is 11.3 Å². The average molecular weight is 261 g/mol. The maximum absolute atomic E-state index is 13.5. The zero-order valence-corrected chi connectivity index (χ0v) is 9.58. The van der Waals surface area contributed by atoms with E-state index in [1.54, 1.807) is 18.2 Å². The molecule has 0 fully saturated rings. The van der Waals surface area contributed by atoms with Gasteiger partial charge in [0.15, 0.2) is 11.6 Å². The van der Waals surface area contributed by atoms with Crippen LogP contribution in [0.3, 0.4) is 0 Å². The molecule has 2 aromatic rings. The lowest BCUT2D eigenvalue weighted by Gasteiger charge is -2.05. The third kappa shape index (κ3) is 2.92. The van der Waals surface area contributed by atoms with Crippen molar-refractivity contribution in [3.8, 4) is 5.75 Å². The van der Waals surface area contributed by atoms with Crippen LogP contribution in [0.5, 0.6) is 5.75 Å². The summed E-state index contributed by atoms with van der Waals surface area (Å²) in [6.45, 7) is 0. The van der Waals surface area contributed by atoms with Crippen molar-refractivity contribution < 1.29 is 18.8 Å². The molecule has 2 aromatic carbocycles. The second-order valence-electron chi connectivity index (χ2n) is 3.63. The van der Waals surface area contributed by atoms with Gasteiger partial charge in [-0.25, -0.2) is 9.18 Å². The largest absolute Gasteiger partial charge is 0.420 e. The molecule has 0 spiro atoms. The van der Waals surface area contributed by atoms with Gasteiger partial charge in [-0.3, -0.25) is 10.1 Å². The molecule has 19 heavy (non-hydrogen) atoms. The van der Waals surface area contributed by atoms with E-state index in [9.17, 15) is 19.3 Å². The lowest BCUT2D eigenvalue weighted by atomic mass is 10.2. The quantitative estimate of drug-likeness (QED) is 0.368. The molecule has 0 amide bonds. The number of ether oxygens (including phenoxy) is 1. The number of nitro benzene ring substituents is 1. The second kappa shape index (κ2) is 5.26. The molecule has 0 saturated heterocycles. The fraction of sp³-hybridized carbons (Fsp3) is 0. The molecule has 0 atom stereocenters. The Hall–Kier alpha value is -2.76. The van der Waals surface area contributed by atoms with E-state index in [0.29, 0.717) is 6.07 Å². The monoisotopic (exact) mass is 261 g/mol. The van der Waals surface area contributed by atoms with Gasteiger partial charge in [-0.1, -0.05) is 18.2 Å². The molecule has 0 aliphatic rings. The first kappa shape index (κ1) is 12.7. The van der Waals surface area contributed by atoms with Gasteiger partial charge in [0.25, 0.3) is 5.69 Å². The Labute approximate surface area is 107 Å². The number of benzene rings is 2. The zero-order valence-electron chi connectivity index (χ0n) is 9.58. The highest BCUT2D eigenvalue weighted by Gasteiger charge is 2.15. The summed E-state index contributed by atoms with van der Waals surface area (Å²) in [5, 5.41) is 10.4. The first-order chi connectivity index (χ1) is 9.08. The van der Waals surface area contributed by atoms with E-state index in [1.807, 2.05) is 0 Å². The highest BCUT2D eigenvalue weighted by molar-refractivity contribution is 5.91. The summed E-state index contributed by atoms with van der Waals surface area (Å²) in [6, 6.07) is 10.9. The number of esters is 1. The second-order valence-corrected chi connectivity index (χ2v) is 3.63. The maximum Gasteiger partial charge on any atom is 0.343 e. The molecule has 0 bridgehead atoms. The van der Waals surface area contributed by atoms with Gasteiger partial charge < -0.3 is 4.74 Å². The van der Waals surface area contributed by atoms with E-state index in [0.717, 1.165) is 12.1 Å². The van der Waals surface area contributed by atoms with E-state index >= 15 is 0 Å². The third-order valence-electron chi connectivity index (χ3n) is 2.34. The van der Waals surface area contributed by atoms with Gasteiger partial charge in [0.05, 0.1) is 16.6 Å². The molecule has 0 aliphatic heterocycles. The average Bonchev–Trinajstić information content (AvgIpc) is 2.41. The minimum absolute atomic E-state index is 0.264. The van der Waals surface area contributed by atoms with Crippen LogP contribution in [-0.4, -0.2) is 10.9 Å². The molecule has 0 saturated carbocycles. The van der Waals surface area contributed by atoms with Crippen molar-refractivity contribution in [2.45, 2.75) is 0 Å². The summed E-state index contributed by atoms with van der Waals surface area (Å²) in [5.41, 5.74) is -0.141. The maximum atomic E-state index is 13.5. The van der Waals surface area contributed by atoms with Crippen LogP contribution in [0.25, 0.3) is 0 Å². The summed E-state index contributed by atoms with van der Waals surface area (Å²) in [4.78, 5) is 21.4. The molecule has 96 valence electrons. The Morgan fingerprint density at radius 2 is 1.84 bits per heavy atom. The van der Waals surface area contributed by atoms with Crippen molar-refractivity contribution >= 4 is 11.7 Å². The van der Waals surface area contributed by atoms with Crippen LogP contribution < -0.4 is 4.74 Å². The van der Waals surface area contributed by atoms with Gasteiger partial charge >= 0.3 is 5.97 Å². The van der Waals surface area contributed by atoms with Crippen LogP contribution in [0.15, 0.2) is 48.5 Å². The van der Waals surface area contributed by atoms with Crippen LogP contribution in [0.2, 0.25) is 0 Å². The predicted octanol–water partition coefficient (Wildman–Crippen LogP) is 2.95. The fourth-order valence-electron chi connectivity index (χ4n) is 1.42. The van der Waals surface area contributed by atoms with Gasteiger partial charge in [-0.2, -0.15) is 0 Å². The SMILES string of the molecule is O=C(Oc1ccc([N+](=O)[O-])cc1F)c1ccccc1. The molecular weight excluding hydrogens is 253 g/mol. The van der Waals surface area contributed by atoms with Crippen LogP contribution >= 0.6 is 0 Å². The van der Waals surface area contributed by atoms with Gasteiger partial charge in [0.2, 0.25) is 0 Å². The van der Waals surface area contributed by atoms with Gasteiger partial charge in [-0.05, 0) is 18.2 Å². The molecule has 0 radical (unpaired) electrons. The minimum atomic E-state index is -0.960. The summed E-state index contributed by atoms with van der Waals surface area (Å²) in [5.74, 6) is -2.04. The number of nitro groups is 1. The van der Waals surface area contributed by atoms with Crippen molar-refractivity contribution in [3.63, 3.8) is 0 Å². The van der Waals surface area contributed by atoms with E-state index < -0.39 is 22.4 Å². The minimum Gasteiger partial charge on any atom is -0.420 e. The fourth-order valence-corrected chi connectivity index (χ4v) is 1.42. The zero-order chi connectivity index (χ0) is 13.8. The molecular formula is C13H8FNO4. The molecule has 5 nitrogen and oxygen atoms in total. The normalized spacial score (nSPS) is 9.95. The number of hydrogen-bond donors (Lipinski definition) is 0. The molecule has 0 aliphatic carbocycles. The van der Waals surface area contributed by atoms with E-state index in [1.165, 1.54) is 12.1 Å². The number of non-ortho nitro benzene ring substituents is 1. The third-order valence-corrected chi connectivity index (χ3v) is 2.34. The van der Waals surface area contributed by atoms with Crippen molar-refractivity contribution in [2.24, 2.45) is 0 Å². The number of hydrogen-bond acceptors (Lipinski definition) is 4. The molecule has 0 heterocycles. The van der Waals surface area contributed by atoms with Crippen LogP contribution in [-0.2, 0) is 0 Å². The van der Waals surface area contributed by atoms with Crippen molar-refractivity contribution in [2.75, 3.05) is 0 Å². The topological polar surface area (TPSA) is 69.4 Å². The van der Waals surface area contributed by atoms with Crippen molar-refractivity contribution in [1.29, 1.82) is 0 Å². The van der Waals surface area contributed by atoms with Crippen molar-refractivity contribution in [1.82, 2.24) is 0 Å². The Balaban J connectivity index is 2.20. The summed E-state index contributed by atoms with van der Waals surface area (Å²) < 4.78 is 18.3. The summed E-state index contributed by atoms with van der Waals surface area (Å²) in [6.07, 6.45) is 0. The standard InChI is InChI=1S/C13H8FNO4/c14-11-8-10(15(17)18)6-7-12(11)19-13(16)9-4-2-1-3-5-9/h1-8H. The number of nitrogens with zero attached hydrogens (tertiary/aromatic N) is 1. The molecule has 2 rings (SSSR count). The molecule has 0 unspecified atom stereocenters. The van der Waals surface area contributed by atoms with Gasteiger partial charge in [-0.15, -0.1) is 0 Å². The number of carbonyl (C=O) groups is 1. The number of halogens is 1. The predicted molar refractivity (Wildman–Crippen MR) is 64.5 cm³/mol. The van der Waals surface area contributed by atoms with Crippen LogP contribution in [0.4, 0.5) is 10.1 Å². The highest BCUT2D eigenvalue weighted by Crippen LogP contribution is 2.23. The Morgan fingerprint density at radius 3 is 2.42 bits per heavy atom. The molecule has 0 aromatic heterocycles. The van der Waals surface area contributed by atoms with Crippen LogP contribution in [0, 0.1) is 15.9 Å². The van der Waals surface area contributed by atoms with Gasteiger partial charge in [0, 0.05) is 6.07 Å². The summed E-state index contributed by atoms with van der Waals surface area (Å²) >= 11 is 0. The molecule has 0 N–H and O–H groups in total.